The number of morpholine rings is 1. The van der Waals surface area contributed by atoms with E-state index in [0.29, 0.717) is 49.6 Å². The van der Waals surface area contributed by atoms with E-state index in [2.05, 4.69) is 39.5 Å². The summed E-state index contributed by atoms with van der Waals surface area (Å²) in [5.74, 6) is -0.115. The predicted octanol–water partition coefficient (Wildman–Crippen LogP) is 7.01. The summed E-state index contributed by atoms with van der Waals surface area (Å²) >= 11 is 0. The van der Waals surface area contributed by atoms with Crippen molar-refractivity contribution in [1.29, 1.82) is 0 Å². The van der Waals surface area contributed by atoms with Gasteiger partial charge in [-0.2, -0.15) is 0 Å². The molecule has 11 atom stereocenters. The number of aliphatic hydroxyl groups excluding tert-OH is 1. The van der Waals surface area contributed by atoms with Gasteiger partial charge in [-0.1, -0.05) is 34.6 Å². The van der Waals surface area contributed by atoms with Crippen LogP contribution < -0.4 is 0 Å². The first-order chi connectivity index (χ1) is 25.0. The Kier molecular flexibility index (Phi) is 10.4. The van der Waals surface area contributed by atoms with Gasteiger partial charge in [0.2, 0.25) is 5.91 Å². The third kappa shape index (κ3) is 6.37. The highest BCUT2D eigenvalue weighted by Gasteiger charge is 2.83. The minimum Gasteiger partial charge on any atom is -0.461 e. The van der Waals surface area contributed by atoms with Crippen molar-refractivity contribution in [2.45, 2.75) is 124 Å². The highest BCUT2D eigenvalue weighted by molar-refractivity contribution is 5.73. The number of hydrogen-bond donors (Lipinski definition) is 1. The highest BCUT2D eigenvalue weighted by Crippen LogP contribution is 2.89. The lowest BCUT2D eigenvalue weighted by atomic mass is 9.41. The van der Waals surface area contributed by atoms with E-state index in [1.165, 1.54) is 31.9 Å². The normalized spacial score (nSPS) is 39.8. The Bertz CT molecular complexity index is 1530. The molecule has 1 amide bonds. The van der Waals surface area contributed by atoms with E-state index in [1.54, 1.807) is 12.0 Å². The number of carbonyl (C=O) groups excluding carboxylic acids is 2. The summed E-state index contributed by atoms with van der Waals surface area (Å²) in [6, 6.07) is 3.38. The second-order valence-electron chi connectivity index (χ2n) is 19.2. The molecule has 0 bridgehead atoms. The number of halogens is 2. The lowest BCUT2D eigenvalue weighted by Gasteiger charge is -2.64. The van der Waals surface area contributed by atoms with Gasteiger partial charge in [-0.3, -0.25) is 14.5 Å². The Morgan fingerprint density at radius 1 is 1.00 bits per heavy atom. The second kappa shape index (κ2) is 14.1. The highest BCUT2D eigenvalue weighted by atomic mass is 19.1. The molecule has 1 aromatic carbocycles. The number of nitrogens with zero attached hydrogens (tertiary/aromatic N) is 2. The molecule has 53 heavy (non-hydrogen) atoms. The molecule has 6 fully saturated rings. The molecule has 1 heterocycles. The van der Waals surface area contributed by atoms with Crippen LogP contribution in [0.1, 0.15) is 105 Å². The van der Waals surface area contributed by atoms with E-state index in [1.807, 2.05) is 0 Å². The van der Waals surface area contributed by atoms with E-state index in [4.69, 9.17) is 14.2 Å². The van der Waals surface area contributed by atoms with Gasteiger partial charge in [-0.15, -0.1) is 0 Å². The molecule has 1 aromatic rings. The van der Waals surface area contributed by atoms with Gasteiger partial charge in [0.05, 0.1) is 32.0 Å². The van der Waals surface area contributed by atoms with Crippen LogP contribution in [0.15, 0.2) is 18.2 Å². The maximum absolute atomic E-state index is 13.9. The number of methoxy groups -OCH3 is 1. The van der Waals surface area contributed by atoms with Crippen LogP contribution in [0.3, 0.4) is 0 Å². The Morgan fingerprint density at radius 3 is 2.32 bits per heavy atom. The van der Waals surface area contributed by atoms with Gasteiger partial charge in [-0.25, -0.2) is 8.78 Å². The van der Waals surface area contributed by atoms with Crippen molar-refractivity contribution in [3.63, 3.8) is 0 Å². The first-order valence-electron chi connectivity index (χ1n) is 20.4. The Morgan fingerprint density at radius 2 is 1.66 bits per heavy atom. The van der Waals surface area contributed by atoms with E-state index in [9.17, 15) is 23.5 Å². The van der Waals surface area contributed by atoms with Crippen LogP contribution in [0.5, 0.6) is 0 Å². The summed E-state index contributed by atoms with van der Waals surface area (Å²) in [4.78, 5) is 29.6. The van der Waals surface area contributed by atoms with Crippen LogP contribution in [0, 0.1) is 62.4 Å². The average molecular weight is 743 g/mol. The number of amides is 1. The van der Waals surface area contributed by atoms with Gasteiger partial charge in [0, 0.05) is 57.1 Å². The lowest BCUT2D eigenvalue weighted by Crippen LogP contribution is -2.60. The molecule has 1 saturated heterocycles. The molecule has 8 nitrogen and oxygen atoms in total. The minimum absolute atomic E-state index is 0.0439. The molecule has 0 radical (unpaired) electrons. The molecule has 6 aliphatic rings. The SMILES string of the molecule is COC(C[C@@H](C)[C@H]1C[C@H](O)[C@@]2(C)C3CC[C@H]4C(C)(C)C(OC(=O)CN5CCOCC5)CCC45CC35CCC12C)CN(Cc1cc(F)cc(F)c1)C(C)=O. The van der Waals surface area contributed by atoms with Gasteiger partial charge in [0.25, 0.3) is 0 Å². The largest absolute Gasteiger partial charge is 0.461 e. The van der Waals surface area contributed by atoms with Crippen LogP contribution in [-0.2, 0) is 30.3 Å². The molecule has 1 aliphatic heterocycles. The topological polar surface area (TPSA) is 88.5 Å². The first kappa shape index (κ1) is 39.1. The van der Waals surface area contributed by atoms with Gasteiger partial charge >= 0.3 is 5.97 Å². The number of fused-ring (bicyclic) bond motifs is 2. The molecule has 1 N–H and O–H groups in total. The predicted molar refractivity (Wildman–Crippen MR) is 197 cm³/mol. The number of benzene rings is 1. The van der Waals surface area contributed by atoms with Gasteiger partial charge in [0.15, 0.2) is 0 Å². The standard InChI is InChI=1S/C43H64F2N2O6/c1-27(18-32(51-7)24-47(28(2)48)23-29-19-30(44)21-31(45)20-29)33-22-36(49)41(6)35-9-8-34-39(3,4)37(53-38(50)25-46-14-16-52-17-15-46)10-11-42(34)26-43(35,42)13-12-40(33,41)5/h19-21,27,32-37,49H,8-18,22-26H2,1-7H3/t27-,32?,33-,34+,35?,36+,37?,40?,41-,42?,43?/m1/s1. The summed E-state index contributed by atoms with van der Waals surface area (Å²) in [6.07, 6.45) is 8.49. The maximum Gasteiger partial charge on any atom is 0.320 e. The molecular formula is C43H64F2N2O6. The van der Waals surface area contributed by atoms with E-state index >= 15 is 0 Å². The Labute approximate surface area is 315 Å². The van der Waals surface area contributed by atoms with Gasteiger partial charge < -0.3 is 24.2 Å². The fourth-order valence-electron chi connectivity index (χ4n) is 13.9. The molecule has 5 saturated carbocycles. The van der Waals surface area contributed by atoms with Crippen molar-refractivity contribution in [2.24, 2.45) is 50.7 Å². The molecule has 5 aliphatic carbocycles. The smallest absolute Gasteiger partial charge is 0.320 e. The van der Waals surface area contributed by atoms with Crippen LogP contribution in [-0.4, -0.2) is 91.6 Å². The third-order valence-corrected chi connectivity index (χ3v) is 16.7. The van der Waals surface area contributed by atoms with Gasteiger partial charge in [-0.05, 0) is 115 Å². The molecule has 0 aromatic heterocycles. The molecule has 6 unspecified atom stereocenters. The summed E-state index contributed by atoms with van der Waals surface area (Å²) in [5.41, 5.74) is 0.538. The zero-order chi connectivity index (χ0) is 38.1. The van der Waals surface area contributed by atoms with Crippen LogP contribution in [0.4, 0.5) is 8.78 Å². The van der Waals surface area contributed by atoms with Crippen molar-refractivity contribution in [2.75, 3.05) is 46.5 Å². The summed E-state index contributed by atoms with van der Waals surface area (Å²) < 4.78 is 45.7. The van der Waals surface area contributed by atoms with Crippen molar-refractivity contribution in [3.05, 3.63) is 35.4 Å². The third-order valence-electron chi connectivity index (χ3n) is 16.7. The number of hydrogen-bond acceptors (Lipinski definition) is 7. The second-order valence-corrected chi connectivity index (χ2v) is 19.2. The molecular weight excluding hydrogens is 678 g/mol. The quantitative estimate of drug-likeness (QED) is 0.244. The number of carbonyl (C=O) groups is 2. The summed E-state index contributed by atoms with van der Waals surface area (Å²) in [5, 5.41) is 12.2. The van der Waals surface area contributed by atoms with Crippen molar-refractivity contribution in [1.82, 2.24) is 9.80 Å². The molecule has 7 rings (SSSR count). The molecule has 296 valence electrons. The zero-order valence-corrected chi connectivity index (χ0v) is 33.2. The van der Waals surface area contributed by atoms with Crippen LogP contribution in [0.25, 0.3) is 0 Å². The van der Waals surface area contributed by atoms with Crippen LogP contribution in [0.2, 0.25) is 0 Å². The first-order valence-corrected chi connectivity index (χ1v) is 20.4. The maximum atomic E-state index is 13.9. The van der Waals surface area contributed by atoms with Crippen molar-refractivity contribution < 1.29 is 37.7 Å². The van der Waals surface area contributed by atoms with E-state index in [0.717, 1.165) is 64.1 Å². The van der Waals surface area contributed by atoms with E-state index in [-0.39, 0.29) is 69.7 Å². The zero-order valence-electron chi connectivity index (χ0n) is 33.2. The summed E-state index contributed by atoms with van der Waals surface area (Å²) in [6.45, 7) is 17.0. The van der Waals surface area contributed by atoms with Crippen LogP contribution >= 0.6 is 0 Å². The Hall–Kier alpha value is -2.14. The average Bonchev–Trinajstić information content (AvgIpc) is 3.71. The number of ether oxygens (including phenoxy) is 3. The monoisotopic (exact) mass is 742 g/mol. The van der Waals surface area contributed by atoms with E-state index < -0.39 is 11.6 Å². The van der Waals surface area contributed by atoms with Crippen molar-refractivity contribution >= 4 is 11.9 Å². The lowest BCUT2D eigenvalue weighted by molar-refractivity contribution is -0.193. The number of aliphatic hydroxyl groups is 1. The number of esters is 1. The molecule has 2 spiro atoms. The fraction of sp³-hybridized carbons (Fsp3) is 0.814. The summed E-state index contributed by atoms with van der Waals surface area (Å²) in [7, 11) is 1.67. The van der Waals surface area contributed by atoms with Gasteiger partial charge in [0.1, 0.15) is 17.7 Å². The Balaban J connectivity index is 1.03. The molecule has 10 heteroatoms. The minimum atomic E-state index is -0.659. The fourth-order valence-corrected chi connectivity index (χ4v) is 13.9. The number of rotatable bonds is 11. The van der Waals surface area contributed by atoms with Crippen molar-refractivity contribution in [3.8, 4) is 0 Å².